The van der Waals surface area contributed by atoms with E-state index in [9.17, 15) is 0 Å². The van der Waals surface area contributed by atoms with E-state index in [4.69, 9.17) is 4.74 Å². The molecular weight excluding hydrogens is 232 g/mol. The minimum absolute atomic E-state index is 0.430. The number of nitrogens with one attached hydrogen (secondary N) is 1. The zero-order valence-electron chi connectivity index (χ0n) is 10.5. The van der Waals surface area contributed by atoms with Crippen LogP contribution >= 0.6 is 11.3 Å². The second-order valence-corrected chi connectivity index (χ2v) is 5.49. The average Bonchev–Trinajstić information content (AvgIpc) is 3.01. The second kappa shape index (κ2) is 7.09. The molecule has 2 rings (SSSR count). The minimum atomic E-state index is 0.430. The summed E-state index contributed by atoms with van der Waals surface area (Å²) in [5, 5.41) is 6.85. The number of rotatable bonds is 7. The lowest BCUT2D eigenvalue weighted by atomic mass is 10.1. The Morgan fingerprint density at radius 1 is 1.65 bits per heavy atom. The third-order valence-corrected chi connectivity index (χ3v) is 4.16. The zero-order chi connectivity index (χ0) is 11.9. The van der Waals surface area contributed by atoms with Gasteiger partial charge in [0.1, 0.15) is 5.01 Å². The van der Waals surface area contributed by atoms with Gasteiger partial charge in [-0.05, 0) is 38.6 Å². The highest BCUT2D eigenvalue weighted by molar-refractivity contribution is 7.09. The monoisotopic (exact) mass is 254 g/mol. The number of hydrogen-bond donors (Lipinski definition) is 1. The Hall–Kier alpha value is -0.450. The van der Waals surface area contributed by atoms with Crippen molar-refractivity contribution >= 4 is 11.3 Å². The maximum atomic E-state index is 5.62. The molecule has 0 aliphatic carbocycles. The van der Waals surface area contributed by atoms with Crippen molar-refractivity contribution in [3.8, 4) is 0 Å². The van der Waals surface area contributed by atoms with Crippen molar-refractivity contribution in [2.75, 3.05) is 13.2 Å². The molecule has 1 aromatic heterocycles. The Labute approximate surface area is 108 Å². The van der Waals surface area contributed by atoms with Gasteiger partial charge in [-0.3, -0.25) is 0 Å². The van der Waals surface area contributed by atoms with Crippen molar-refractivity contribution in [2.45, 2.75) is 51.2 Å². The van der Waals surface area contributed by atoms with Crippen LogP contribution in [-0.4, -0.2) is 24.2 Å². The number of thiazole rings is 1. The van der Waals surface area contributed by atoms with Gasteiger partial charge in [-0.1, -0.05) is 6.92 Å². The summed E-state index contributed by atoms with van der Waals surface area (Å²) in [6, 6.07) is 0.430. The first-order valence-corrected chi connectivity index (χ1v) is 7.52. The van der Waals surface area contributed by atoms with Crippen LogP contribution in [0.5, 0.6) is 0 Å². The third kappa shape index (κ3) is 4.05. The quantitative estimate of drug-likeness (QED) is 0.759. The second-order valence-electron chi connectivity index (χ2n) is 4.56. The first kappa shape index (κ1) is 13.0. The van der Waals surface area contributed by atoms with Gasteiger partial charge < -0.3 is 10.1 Å². The van der Waals surface area contributed by atoms with Gasteiger partial charge in [0.25, 0.3) is 0 Å². The molecule has 1 fully saturated rings. The molecule has 96 valence electrons. The summed E-state index contributed by atoms with van der Waals surface area (Å²) in [5.41, 5.74) is 0. The molecule has 1 N–H and O–H groups in total. The Morgan fingerprint density at radius 2 is 2.59 bits per heavy atom. The van der Waals surface area contributed by atoms with Gasteiger partial charge in [0.15, 0.2) is 0 Å². The van der Waals surface area contributed by atoms with Crippen LogP contribution in [0.1, 0.15) is 50.1 Å². The van der Waals surface area contributed by atoms with Crippen LogP contribution in [0.3, 0.4) is 0 Å². The fourth-order valence-corrected chi connectivity index (χ4v) is 3.09. The molecule has 4 heteroatoms. The van der Waals surface area contributed by atoms with Crippen LogP contribution in [-0.2, 0) is 4.74 Å². The first-order valence-electron chi connectivity index (χ1n) is 6.64. The van der Waals surface area contributed by atoms with E-state index in [2.05, 4.69) is 17.2 Å². The van der Waals surface area contributed by atoms with E-state index in [-0.39, 0.29) is 0 Å². The molecule has 0 amide bonds. The van der Waals surface area contributed by atoms with Crippen molar-refractivity contribution in [3.63, 3.8) is 0 Å². The molecule has 1 aromatic rings. The van der Waals surface area contributed by atoms with Crippen LogP contribution in [0, 0.1) is 0 Å². The minimum Gasteiger partial charge on any atom is -0.378 e. The van der Waals surface area contributed by atoms with Crippen LogP contribution in [0.15, 0.2) is 11.6 Å². The van der Waals surface area contributed by atoms with Crippen LogP contribution in [0.25, 0.3) is 0 Å². The summed E-state index contributed by atoms with van der Waals surface area (Å²) in [5.74, 6) is 0. The van der Waals surface area contributed by atoms with Crippen molar-refractivity contribution in [3.05, 3.63) is 16.6 Å². The zero-order valence-corrected chi connectivity index (χ0v) is 11.3. The molecule has 3 nitrogen and oxygen atoms in total. The summed E-state index contributed by atoms with van der Waals surface area (Å²) >= 11 is 1.74. The van der Waals surface area contributed by atoms with Crippen molar-refractivity contribution in [1.29, 1.82) is 0 Å². The molecule has 2 heterocycles. The molecule has 1 aliphatic rings. The predicted molar refractivity (Wildman–Crippen MR) is 71.4 cm³/mol. The van der Waals surface area contributed by atoms with Crippen LogP contribution < -0.4 is 5.32 Å². The molecular formula is C13H22N2OS. The third-order valence-electron chi connectivity index (χ3n) is 3.28. The van der Waals surface area contributed by atoms with Crippen molar-refractivity contribution in [2.24, 2.45) is 0 Å². The Bertz CT molecular complexity index is 296. The van der Waals surface area contributed by atoms with Gasteiger partial charge in [-0.25, -0.2) is 4.98 Å². The lowest BCUT2D eigenvalue weighted by molar-refractivity contribution is 0.102. The van der Waals surface area contributed by atoms with Crippen molar-refractivity contribution in [1.82, 2.24) is 10.3 Å². The van der Waals surface area contributed by atoms with Gasteiger partial charge >= 0.3 is 0 Å². The maximum absolute atomic E-state index is 5.62. The molecule has 17 heavy (non-hydrogen) atoms. The Morgan fingerprint density at radius 3 is 3.24 bits per heavy atom. The standard InChI is InChI=1S/C13H22N2OS/c1-2-12(13-15-8-10-17-13)14-7-3-5-11-6-4-9-16-11/h8,10-12,14H,2-7,9H2,1H3. The molecule has 0 bridgehead atoms. The topological polar surface area (TPSA) is 34.1 Å². The Kier molecular flexibility index (Phi) is 5.42. The highest BCUT2D eigenvalue weighted by Crippen LogP contribution is 2.19. The molecule has 0 spiro atoms. The number of ether oxygens (including phenoxy) is 1. The van der Waals surface area contributed by atoms with Crippen LogP contribution in [0.2, 0.25) is 0 Å². The van der Waals surface area contributed by atoms with E-state index in [1.165, 1.54) is 30.7 Å². The van der Waals surface area contributed by atoms with Gasteiger partial charge in [0.2, 0.25) is 0 Å². The van der Waals surface area contributed by atoms with Gasteiger partial charge in [-0.15, -0.1) is 11.3 Å². The molecule has 1 aliphatic heterocycles. The molecule has 1 saturated heterocycles. The average molecular weight is 254 g/mol. The van der Waals surface area contributed by atoms with Gasteiger partial charge in [-0.2, -0.15) is 0 Å². The van der Waals surface area contributed by atoms with Crippen LogP contribution in [0.4, 0.5) is 0 Å². The highest BCUT2D eigenvalue weighted by Gasteiger charge is 2.15. The largest absolute Gasteiger partial charge is 0.378 e. The summed E-state index contributed by atoms with van der Waals surface area (Å²) in [7, 11) is 0. The number of nitrogens with zero attached hydrogens (tertiary/aromatic N) is 1. The van der Waals surface area contributed by atoms with E-state index < -0.39 is 0 Å². The van der Waals surface area contributed by atoms with E-state index in [0.29, 0.717) is 12.1 Å². The summed E-state index contributed by atoms with van der Waals surface area (Å²) < 4.78 is 5.62. The lowest BCUT2D eigenvalue weighted by Crippen LogP contribution is -2.22. The van der Waals surface area contributed by atoms with Gasteiger partial charge in [0.05, 0.1) is 12.1 Å². The normalized spacial score (nSPS) is 21.8. The molecule has 0 radical (unpaired) electrons. The number of aromatic nitrogens is 1. The fraction of sp³-hybridized carbons (Fsp3) is 0.769. The highest BCUT2D eigenvalue weighted by atomic mass is 32.1. The first-order chi connectivity index (χ1) is 8.40. The van der Waals surface area contributed by atoms with Gasteiger partial charge in [0, 0.05) is 18.2 Å². The van der Waals surface area contributed by atoms with Crippen molar-refractivity contribution < 1.29 is 4.74 Å². The number of hydrogen-bond acceptors (Lipinski definition) is 4. The maximum Gasteiger partial charge on any atom is 0.109 e. The van der Waals surface area contributed by atoms with E-state index in [0.717, 1.165) is 19.6 Å². The predicted octanol–water partition coefficient (Wildman–Crippen LogP) is 3.14. The summed E-state index contributed by atoms with van der Waals surface area (Å²) in [6.45, 7) is 4.24. The SMILES string of the molecule is CCC(NCCCC1CCCO1)c1nccs1. The fourth-order valence-electron chi connectivity index (χ4n) is 2.29. The summed E-state index contributed by atoms with van der Waals surface area (Å²) in [6.07, 6.45) is 8.41. The Balaban J connectivity index is 1.63. The molecule has 0 aromatic carbocycles. The smallest absolute Gasteiger partial charge is 0.109 e. The molecule has 2 atom stereocenters. The van der Waals surface area contributed by atoms with E-state index in [1.54, 1.807) is 11.3 Å². The van der Waals surface area contributed by atoms with E-state index in [1.807, 2.05) is 11.6 Å². The molecule has 0 saturated carbocycles. The lowest BCUT2D eigenvalue weighted by Gasteiger charge is -2.15. The summed E-state index contributed by atoms with van der Waals surface area (Å²) in [4.78, 5) is 4.37. The van der Waals surface area contributed by atoms with E-state index >= 15 is 0 Å². The molecule has 2 unspecified atom stereocenters.